The van der Waals surface area contributed by atoms with Crippen molar-refractivity contribution in [2.45, 2.75) is 6.92 Å². The van der Waals surface area contributed by atoms with Gasteiger partial charge >= 0.3 is 0 Å². The smallest absolute Gasteiger partial charge is 0.251 e. The number of anilines is 1. The molecule has 4 nitrogen and oxygen atoms in total. The number of halogens is 2. The number of amides is 2. The van der Waals surface area contributed by atoms with Gasteiger partial charge in [-0.3, -0.25) is 9.59 Å². The number of para-hydroxylation sites is 1. The molecule has 0 spiro atoms. The third-order valence-corrected chi connectivity index (χ3v) is 3.27. The molecule has 2 aromatic carbocycles. The molecule has 0 saturated heterocycles. The van der Waals surface area contributed by atoms with Crippen molar-refractivity contribution >= 4 is 17.5 Å². The fourth-order valence-electron chi connectivity index (χ4n) is 2.10. The van der Waals surface area contributed by atoms with Gasteiger partial charge in [0.25, 0.3) is 5.91 Å². The van der Waals surface area contributed by atoms with Gasteiger partial charge in [0.15, 0.2) is 11.6 Å². The Morgan fingerprint density at radius 1 is 1.04 bits per heavy atom. The molecule has 2 amide bonds. The Hall–Kier alpha value is -2.76. The quantitative estimate of drug-likeness (QED) is 0.921. The Morgan fingerprint density at radius 2 is 1.74 bits per heavy atom. The van der Waals surface area contributed by atoms with Gasteiger partial charge in [-0.25, -0.2) is 8.78 Å². The second-order valence-electron chi connectivity index (χ2n) is 4.79. The average molecular weight is 318 g/mol. The Kier molecular flexibility index (Phi) is 5.41. The van der Waals surface area contributed by atoms with Gasteiger partial charge in [0.2, 0.25) is 5.91 Å². The van der Waals surface area contributed by atoms with Gasteiger partial charge < -0.3 is 10.2 Å². The van der Waals surface area contributed by atoms with Gasteiger partial charge in [0.05, 0.1) is 6.54 Å². The average Bonchev–Trinajstić information content (AvgIpc) is 2.57. The number of carbonyl (C=O) groups excluding carboxylic acids is 2. The maximum Gasteiger partial charge on any atom is 0.251 e. The van der Waals surface area contributed by atoms with E-state index in [0.717, 1.165) is 23.9 Å². The highest BCUT2D eigenvalue weighted by atomic mass is 19.2. The van der Waals surface area contributed by atoms with Crippen LogP contribution in [0.15, 0.2) is 48.5 Å². The summed E-state index contributed by atoms with van der Waals surface area (Å²) >= 11 is 0. The summed E-state index contributed by atoms with van der Waals surface area (Å²) in [7, 11) is 0. The monoisotopic (exact) mass is 318 g/mol. The lowest BCUT2D eigenvalue weighted by Gasteiger charge is -2.21. The van der Waals surface area contributed by atoms with Gasteiger partial charge in [0, 0.05) is 17.8 Å². The number of rotatable bonds is 5. The van der Waals surface area contributed by atoms with Crippen LogP contribution >= 0.6 is 0 Å². The summed E-state index contributed by atoms with van der Waals surface area (Å²) in [5, 5.41) is 2.41. The van der Waals surface area contributed by atoms with E-state index >= 15 is 0 Å². The van der Waals surface area contributed by atoms with Gasteiger partial charge in [-0.15, -0.1) is 0 Å². The molecule has 23 heavy (non-hydrogen) atoms. The molecule has 0 aliphatic carbocycles. The van der Waals surface area contributed by atoms with Crippen molar-refractivity contribution in [3.05, 3.63) is 65.7 Å². The normalized spacial score (nSPS) is 10.2. The number of hydrogen-bond acceptors (Lipinski definition) is 2. The molecule has 0 atom stereocenters. The zero-order valence-corrected chi connectivity index (χ0v) is 12.6. The van der Waals surface area contributed by atoms with Crippen LogP contribution < -0.4 is 10.2 Å². The van der Waals surface area contributed by atoms with Crippen LogP contribution in [0.4, 0.5) is 14.5 Å². The minimum Gasteiger partial charge on any atom is -0.343 e. The first-order chi connectivity index (χ1) is 11.0. The molecule has 1 N–H and O–H groups in total. The van der Waals surface area contributed by atoms with Crippen molar-refractivity contribution < 1.29 is 18.4 Å². The summed E-state index contributed by atoms with van der Waals surface area (Å²) < 4.78 is 26.0. The highest BCUT2D eigenvalue weighted by Gasteiger charge is 2.16. The standard InChI is InChI=1S/C17H16F2N2O2/c1-2-21(13-6-4-3-5-7-13)16(22)11-20-17(23)12-8-9-14(18)15(19)10-12/h3-10H,2,11H2,1H3,(H,20,23). The molecule has 0 aromatic heterocycles. The van der Waals surface area contributed by atoms with E-state index in [9.17, 15) is 18.4 Å². The Morgan fingerprint density at radius 3 is 2.35 bits per heavy atom. The molecule has 120 valence electrons. The van der Waals surface area contributed by atoms with E-state index in [0.29, 0.717) is 6.54 Å². The third kappa shape index (κ3) is 4.12. The largest absolute Gasteiger partial charge is 0.343 e. The molecule has 0 unspecified atom stereocenters. The fourth-order valence-corrected chi connectivity index (χ4v) is 2.10. The number of hydrogen-bond donors (Lipinski definition) is 1. The first-order valence-electron chi connectivity index (χ1n) is 7.11. The first-order valence-corrected chi connectivity index (χ1v) is 7.11. The lowest BCUT2D eigenvalue weighted by molar-refractivity contribution is -0.117. The minimum atomic E-state index is -1.11. The van der Waals surface area contributed by atoms with E-state index in [4.69, 9.17) is 0 Å². The molecule has 6 heteroatoms. The summed E-state index contributed by atoms with van der Waals surface area (Å²) in [6.07, 6.45) is 0. The number of likely N-dealkylation sites (N-methyl/N-ethyl adjacent to an activating group) is 1. The molecular formula is C17H16F2N2O2. The third-order valence-electron chi connectivity index (χ3n) is 3.27. The van der Waals surface area contributed by atoms with Crippen LogP contribution in [-0.4, -0.2) is 24.9 Å². The second kappa shape index (κ2) is 7.49. The van der Waals surface area contributed by atoms with Gasteiger partial charge in [-0.05, 0) is 37.3 Å². The highest BCUT2D eigenvalue weighted by Crippen LogP contribution is 2.13. The summed E-state index contributed by atoms with van der Waals surface area (Å²) in [6, 6.07) is 11.9. The van der Waals surface area contributed by atoms with Crippen LogP contribution in [0.3, 0.4) is 0 Å². The molecule has 0 fully saturated rings. The van der Waals surface area contributed by atoms with Crippen LogP contribution in [0.25, 0.3) is 0 Å². The van der Waals surface area contributed by atoms with Crippen molar-refractivity contribution in [2.24, 2.45) is 0 Å². The van der Waals surface area contributed by atoms with Crippen molar-refractivity contribution in [3.8, 4) is 0 Å². The van der Waals surface area contributed by atoms with E-state index in [2.05, 4.69) is 5.32 Å². The SMILES string of the molecule is CCN(C(=O)CNC(=O)c1ccc(F)c(F)c1)c1ccccc1. The van der Waals surface area contributed by atoms with Crippen LogP contribution in [0, 0.1) is 11.6 Å². The summed E-state index contributed by atoms with van der Waals surface area (Å²) in [6.45, 7) is 2.03. The number of carbonyl (C=O) groups is 2. The van der Waals surface area contributed by atoms with Crippen molar-refractivity contribution in [1.29, 1.82) is 0 Å². The van der Waals surface area contributed by atoms with Crippen molar-refractivity contribution in [1.82, 2.24) is 5.32 Å². The topological polar surface area (TPSA) is 49.4 Å². The molecule has 0 bridgehead atoms. The molecule has 2 aromatic rings. The number of nitrogens with one attached hydrogen (secondary N) is 1. The summed E-state index contributed by atoms with van der Waals surface area (Å²) in [5.41, 5.74) is 0.682. The van der Waals surface area contributed by atoms with Gasteiger partial charge in [0.1, 0.15) is 0 Å². The first kappa shape index (κ1) is 16.6. The van der Waals surface area contributed by atoms with E-state index in [1.807, 2.05) is 25.1 Å². The van der Waals surface area contributed by atoms with Crippen LogP contribution in [0.2, 0.25) is 0 Å². The molecule has 0 aliphatic heterocycles. The molecular weight excluding hydrogens is 302 g/mol. The van der Waals surface area contributed by atoms with E-state index < -0.39 is 17.5 Å². The maximum absolute atomic E-state index is 13.1. The van der Waals surface area contributed by atoms with Crippen LogP contribution in [-0.2, 0) is 4.79 Å². The zero-order chi connectivity index (χ0) is 16.8. The zero-order valence-electron chi connectivity index (χ0n) is 12.6. The predicted molar refractivity (Wildman–Crippen MR) is 83.2 cm³/mol. The van der Waals surface area contributed by atoms with Crippen LogP contribution in [0.5, 0.6) is 0 Å². The minimum absolute atomic E-state index is 0.0422. The maximum atomic E-state index is 13.1. The Labute approximate surface area is 132 Å². The predicted octanol–water partition coefficient (Wildman–Crippen LogP) is 2.75. The summed E-state index contributed by atoms with van der Waals surface area (Å²) in [5.74, 6) is -3.07. The molecule has 2 rings (SSSR count). The van der Waals surface area contributed by atoms with Crippen LogP contribution in [0.1, 0.15) is 17.3 Å². The number of benzene rings is 2. The molecule has 0 aliphatic rings. The van der Waals surface area contributed by atoms with Crippen molar-refractivity contribution in [3.63, 3.8) is 0 Å². The lowest BCUT2D eigenvalue weighted by Crippen LogP contribution is -2.40. The Bertz CT molecular complexity index is 705. The Balaban J connectivity index is 2.00. The van der Waals surface area contributed by atoms with E-state index in [1.165, 1.54) is 4.90 Å². The van der Waals surface area contributed by atoms with Gasteiger partial charge in [-0.2, -0.15) is 0 Å². The number of nitrogens with zero attached hydrogens (tertiary/aromatic N) is 1. The van der Waals surface area contributed by atoms with E-state index in [1.54, 1.807) is 12.1 Å². The highest BCUT2D eigenvalue weighted by molar-refractivity contribution is 6.00. The molecule has 0 heterocycles. The van der Waals surface area contributed by atoms with E-state index in [-0.39, 0.29) is 18.0 Å². The summed E-state index contributed by atoms with van der Waals surface area (Å²) in [4.78, 5) is 25.6. The molecule has 0 saturated carbocycles. The lowest BCUT2D eigenvalue weighted by atomic mass is 10.2. The van der Waals surface area contributed by atoms with Gasteiger partial charge in [-0.1, -0.05) is 18.2 Å². The fraction of sp³-hybridized carbons (Fsp3) is 0.176. The molecule has 0 radical (unpaired) electrons. The second-order valence-corrected chi connectivity index (χ2v) is 4.79. The van der Waals surface area contributed by atoms with Crippen molar-refractivity contribution in [2.75, 3.05) is 18.0 Å².